The van der Waals surface area contributed by atoms with Crippen LogP contribution in [-0.4, -0.2) is 24.4 Å². The number of para-hydroxylation sites is 1. The van der Waals surface area contributed by atoms with Gasteiger partial charge in [0.05, 0.1) is 10.8 Å². The van der Waals surface area contributed by atoms with Gasteiger partial charge in [0.25, 0.3) is 0 Å². The zero-order chi connectivity index (χ0) is 20.6. The van der Waals surface area contributed by atoms with Gasteiger partial charge in [0.1, 0.15) is 11.0 Å². The monoisotopic (exact) mass is 406 g/mol. The Balaban J connectivity index is 1.90. The van der Waals surface area contributed by atoms with E-state index in [1.165, 1.54) is 27.7 Å². The van der Waals surface area contributed by atoms with Gasteiger partial charge in [-0.05, 0) is 50.8 Å². The molecule has 1 aliphatic heterocycles. The number of benzene rings is 2. The minimum Gasteiger partial charge on any atom is -0.338 e. The number of rotatable bonds is 5. The third-order valence-electron chi connectivity index (χ3n) is 5.68. The second kappa shape index (κ2) is 7.92. The molecule has 0 saturated carbocycles. The first kappa shape index (κ1) is 20.1. The molecule has 0 bridgehead atoms. The Morgan fingerprint density at radius 1 is 1.10 bits per heavy atom. The van der Waals surface area contributed by atoms with Crippen LogP contribution in [0.5, 0.6) is 0 Å². The number of fused-ring (bicyclic) bond motifs is 3. The molecule has 152 valence electrons. The molecule has 3 nitrogen and oxygen atoms in total. The zero-order valence-electron chi connectivity index (χ0n) is 17.6. The third kappa shape index (κ3) is 3.72. The van der Waals surface area contributed by atoms with Gasteiger partial charge in [0.15, 0.2) is 0 Å². The van der Waals surface area contributed by atoms with Crippen LogP contribution in [0.4, 0.5) is 0 Å². The van der Waals surface area contributed by atoms with Crippen molar-refractivity contribution in [3.63, 3.8) is 0 Å². The molecule has 29 heavy (non-hydrogen) atoms. The summed E-state index contributed by atoms with van der Waals surface area (Å²) in [6.45, 7) is 11.8. The Labute approximate surface area is 176 Å². The van der Waals surface area contributed by atoms with Crippen molar-refractivity contribution in [1.82, 2.24) is 8.87 Å². The van der Waals surface area contributed by atoms with E-state index in [-0.39, 0.29) is 10.8 Å². The molecule has 0 fully saturated rings. The van der Waals surface area contributed by atoms with Crippen molar-refractivity contribution in [3.8, 4) is 0 Å². The Bertz CT molecular complexity index is 1050. The molecule has 1 aromatic heterocycles. The molecule has 0 amide bonds. The standard InChI is InChI=1S/C25H30N2OS/c1-5-11-23-24-21(16-17-27(23)29(28)25(2,3)4)20-14-9-10-15-22(20)26(24)18-19-12-7-6-8-13-19/h5-10,12-15,23H,1,11,16-18H2,2-4H3/t23-,29+/m0/s1. The van der Waals surface area contributed by atoms with Gasteiger partial charge in [-0.3, -0.25) is 0 Å². The summed E-state index contributed by atoms with van der Waals surface area (Å²) >= 11 is 0. The van der Waals surface area contributed by atoms with E-state index < -0.39 is 11.0 Å². The second-order valence-corrected chi connectivity index (χ2v) is 10.9. The lowest BCUT2D eigenvalue weighted by Gasteiger charge is -2.39. The summed E-state index contributed by atoms with van der Waals surface area (Å²) in [4.78, 5) is 0. The predicted octanol–water partition coefficient (Wildman–Crippen LogP) is 5.63. The molecule has 0 N–H and O–H groups in total. The molecule has 0 aliphatic carbocycles. The Morgan fingerprint density at radius 3 is 2.48 bits per heavy atom. The quantitative estimate of drug-likeness (QED) is 0.504. The number of nitrogens with zero attached hydrogens (tertiary/aromatic N) is 2. The predicted molar refractivity (Wildman–Crippen MR) is 123 cm³/mol. The summed E-state index contributed by atoms with van der Waals surface area (Å²) in [5.41, 5.74) is 5.26. The molecule has 0 radical (unpaired) electrons. The lowest BCUT2D eigenvalue weighted by Crippen LogP contribution is -2.44. The van der Waals surface area contributed by atoms with E-state index in [2.05, 4.69) is 90.8 Å². The zero-order valence-corrected chi connectivity index (χ0v) is 18.4. The van der Waals surface area contributed by atoms with Gasteiger partial charge in [0.2, 0.25) is 0 Å². The summed E-state index contributed by atoms with van der Waals surface area (Å²) in [5.74, 6) is 0. The number of hydrogen-bond donors (Lipinski definition) is 0. The first-order valence-electron chi connectivity index (χ1n) is 10.3. The lowest BCUT2D eigenvalue weighted by atomic mass is 9.97. The first-order valence-corrected chi connectivity index (χ1v) is 11.5. The molecule has 0 spiro atoms. The van der Waals surface area contributed by atoms with Crippen molar-refractivity contribution in [2.24, 2.45) is 0 Å². The molecule has 2 heterocycles. The highest BCUT2D eigenvalue weighted by molar-refractivity contribution is 7.84. The van der Waals surface area contributed by atoms with Crippen LogP contribution in [0, 0.1) is 0 Å². The van der Waals surface area contributed by atoms with E-state index in [1.807, 2.05) is 6.08 Å². The highest BCUT2D eigenvalue weighted by atomic mass is 32.2. The SMILES string of the molecule is C=CC[C@H]1c2c(c3ccccc3n2Cc2ccccc2)CCN1[S@](=O)C(C)(C)C. The van der Waals surface area contributed by atoms with Crippen molar-refractivity contribution in [1.29, 1.82) is 0 Å². The van der Waals surface area contributed by atoms with E-state index in [1.54, 1.807) is 0 Å². The maximum absolute atomic E-state index is 13.4. The highest BCUT2D eigenvalue weighted by Crippen LogP contribution is 2.41. The Kier molecular flexibility index (Phi) is 5.50. The highest BCUT2D eigenvalue weighted by Gasteiger charge is 2.38. The molecular weight excluding hydrogens is 376 g/mol. The van der Waals surface area contributed by atoms with Crippen LogP contribution in [0.25, 0.3) is 10.9 Å². The van der Waals surface area contributed by atoms with E-state index in [4.69, 9.17) is 0 Å². The molecule has 4 rings (SSSR count). The minimum absolute atomic E-state index is 0.0763. The average Bonchev–Trinajstić information content (AvgIpc) is 3.02. The van der Waals surface area contributed by atoms with Gasteiger partial charge >= 0.3 is 0 Å². The van der Waals surface area contributed by atoms with Gasteiger partial charge in [-0.15, -0.1) is 6.58 Å². The topological polar surface area (TPSA) is 25.2 Å². The van der Waals surface area contributed by atoms with Gasteiger partial charge in [-0.25, -0.2) is 8.51 Å². The van der Waals surface area contributed by atoms with E-state index in [0.29, 0.717) is 0 Å². The van der Waals surface area contributed by atoms with Crippen LogP contribution in [0.1, 0.15) is 50.1 Å². The van der Waals surface area contributed by atoms with Gasteiger partial charge in [0, 0.05) is 29.7 Å². The summed E-state index contributed by atoms with van der Waals surface area (Å²) in [7, 11) is -1.07. The Hall–Kier alpha value is -2.17. The van der Waals surface area contributed by atoms with Crippen LogP contribution in [-0.2, 0) is 24.0 Å². The fourth-order valence-electron chi connectivity index (χ4n) is 4.43. The molecule has 1 aliphatic rings. The normalized spacial score (nSPS) is 18.5. The molecule has 3 aromatic rings. The van der Waals surface area contributed by atoms with Crippen LogP contribution >= 0.6 is 0 Å². The number of aromatic nitrogens is 1. The second-order valence-electron chi connectivity index (χ2n) is 8.75. The van der Waals surface area contributed by atoms with E-state index >= 15 is 0 Å². The molecule has 2 aromatic carbocycles. The van der Waals surface area contributed by atoms with Gasteiger partial charge in [-0.1, -0.05) is 54.6 Å². The van der Waals surface area contributed by atoms with Crippen molar-refractivity contribution >= 4 is 21.9 Å². The van der Waals surface area contributed by atoms with Gasteiger partial charge < -0.3 is 4.57 Å². The summed E-state index contributed by atoms with van der Waals surface area (Å²) < 4.78 is 17.8. The lowest BCUT2D eigenvalue weighted by molar-refractivity contribution is 0.308. The molecule has 2 atom stereocenters. The summed E-state index contributed by atoms with van der Waals surface area (Å²) in [6, 6.07) is 19.4. The molecular formula is C25H30N2OS. The molecule has 4 heteroatoms. The molecule has 0 unspecified atom stereocenters. The average molecular weight is 407 g/mol. The fraction of sp³-hybridized carbons (Fsp3) is 0.360. The first-order chi connectivity index (χ1) is 13.9. The third-order valence-corrected chi connectivity index (χ3v) is 7.59. The van der Waals surface area contributed by atoms with Crippen molar-refractivity contribution in [2.75, 3.05) is 6.54 Å². The van der Waals surface area contributed by atoms with E-state index in [9.17, 15) is 4.21 Å². The minimum atomic E-state index is -1.07. The van der Waals surface area contributed by atoms with Crippen LogP contribution in [0.2, 0.25) is 0 Å². The number of hydrogen-bond acceptors (Lipinski definition) is 1. The van der Waals surface area contributed by atoms with E-state index in [0.717, 1.165) is 25.9 Å². The van der Waals surface area contributed by atoms with Crippen LogP contribution < -0.4 is 0 Å². The summed E-state index contributed by atoms with van der Waals surface area (Å²) in [6.07, 6.45) is 3.68. The maximum atomic E-state index is 13.4. The summed E-state index contributed by atoms with van der Waals surface area (Å²) in [5, 5.41) is 1.33. The van der Waals surface area contributed by atoms with Crippen LogP contribution in [0.15, 0.2) is 67.3 Å². The molecule has 0 saturated heterocycles. The van der Waals surface area contributed by atoms with Gasteiger partial charge in [-0.2, -0.15) is 0 Å². The Morgan fingerprint density at radius 2 is 1.79 bits per heavy atom. The van der Waals surface area contributed by atoms with Crippen molar-refractivity contribution < 1.29 is 4.21 Å². The maximum Gasteiger partial charge on any atom is 0.100 e. The fourth-order valence-corrected chi connectivity index (χ4v) is 5.80. The van der Waals surface area contributed by atoms with Crippen LogP contribution in [0.3, 0.4) is 0 Å². The van der Waals surface area contributed by atoms with Crippen molar-refractivity contribution in [2.45, 2.75) is 50.9 Å². The van der Waals surface area contributed by atoms with Crippen molar-refractivity contribution in [3.05, 3.63) is 84.1 Å². The largest absolute Gasteiger partial charge is 0.338 e. The smallest absolute Gasteiger partial charge is 0.100 e.